The molecule has 4 nitrogen and oxygen atoms in total. The van der Waals surface area contributed by atoms with Gasteiger partial charge in [0.2, 0.25) is 0 Å². The number of phenolic OH excluding ortho intramolecular Hbond substituents is 1. The average molecular weight is 427 g/mol. The fourth-order valence-electron chi connectivity index (χ4n) is 3.74. The average Bonchev–Trinajstić information content (AvgIpc) is 2.67. The largest absolute Gasteiger partial charge is 0.508 e. The fraction of sp³-hybridized carbons (Fsp3) is 0.481. The Kier molecular flexibility index (Phi) is 8.72. The van der Waals surface area contributed by atoms with Gasteiger partial charge < -0.3 is 20.1 Å². The van der Waals surface area contributed by atoms with Crippen LogP contribution in [0.4, 0.5) is 0 Å². The third-order valence-corrected chi connectivity index (χ3v) is 5.68. The molecule has 2 rings (SSSR count). The lowest BCUT2D eigenvalue weighted by atomic mass is 9.93. The lowest BCUT2D eigenvalue weighted by Crippen LogP contribution is -2.32. The number of rotatable bonds is 9. The zero-order valence-corrected chi connectivity index (χ0v) is 19.8. The molecule has 0 radical (unpaired) electrons. The zero-order valence-electron chi connectivity index (χ0n) is 19.8. The zero-order chi connectivity index (χ0) is 23.2. The number of allylic oxidation sites excluding steroid dienone is 4. The second kappa shape index (κ2) is 10.8. The van der Waals surface area contributed by atoms with Crippen molar-refractivity contribution in [3.63, 3.8) is 0 Å². The molecule has 3 N–H and O–H groups in total. The van der Waals surface area contributed by atoms with Crippen LogP contribution in [0.25, 0.3) is 6.08 Å². The number of phenols is 1. The van der Waals surface area contributed by atoms with Gasteiger partial charge in [0.05, 0.1) is 0 Å². The SMILES string of the molecule is CC(C)=CCC/C(C)=C/C(O)[C@H](O)/C(C)=C/CCC1(C)C=Cc2cc(O)cc(C)c2O1. The van der Waals surface area contributed by atoms with E-state index in [1.807, 2.05) is 45.9 Å². The topological polar surface area (TPSA) is 69.9 Å². The first-order valence-electron chi connectivity index (χ1n) is 11.1. The van der Waals surface area contributed by atoms with Crippen LogP contribution in [0.2, 0.25) is 0 Å². The molecule has 1 aliphatic rings. The molecular weight excluding hydrogens is 388 g/mol. The second-order valence-corrected chi connectivity index (χ2v) is 9.18. The van der Waals surface area contributed by atoms with Crippen LogP contribution in [0.3, 0.4) is 0 Å². The van der Waals surface area contributed by atoms with Gasteiger partial charge in [-0.15, -0.1) is 0 Å². The standard InChI is InChI=1S/C27H38O4/c1-18(2)9-7-10-19(3)15-24(29)25(30)20(4)11-8-13-27(6)14-12-22-17-23(28)16-21(5)26(22)31-27/h9,11-12,14-17,24-25,28-30H,7-8,10,13H2,1-6H3/b19-15+,20-11+/t24?,25-,27?/m1/s1. The summed E-state index contributed by atoms with van der Waals surface area (Å²) >= 11 is 0. The minimum absolute atomic E-state index is 0.237. The molecule has 0 saturated heterocycles. The van der Waals surface area contributed by atoms with Crippen molar-refractivity contribution in [1.29, 1.82) is 0 Å². The van der Waals surface area contributed by atoms with Crippen LogP contribution in [-0.4, -0.2) is 33.1 Å². The van der Waals surface area contributed by atoms with Gasteiger partial charge in [0.25, 0.3) is 0 Å². The van der Waals surface area contributed by atoms with Crippen molar-refractivity contribution < 1.29 is 20.1 Å². The Hall–Kier alpha value is -2.30. The van der Waals surface area contributed by atoms with Gasteiger partial charge in [-0.1, -0.05) is 35.5 Å². The first kappa shape index (κ1) is 25.0. The van der Waals surface area contributed by atoms with Crippen LogP contribution in [-0.2, 0) is 0 Å². The third kappa shape index (κ3) is 7.41. The highest BCUT2D eigenvalue weighted by atomic mass is 16.5. The molecule has 1 aromatic rings. The molecule has 1 aliphatic heterocycles. The van der Waals surface area contributed by atoms with E-state index in [1.54, 1.807) is 18.2 Å². The first-order chi connectivity index (χ1) is 14.5. The summed E-state index contributed by atoms with van der Waals surface area (Å²) in [5, 5.41) is 30.7. The molecule has 2 unspecified atom stereocenters. The highest BCUT2D eigenvalue weighted by molar-refractivity contribution is 5.65. The van der Waals surface area contributed by atoms with E-state index in [9.17, 15) is 15.3 Å². The van der Waals surface area contributed by atoms with Crippen molar-refractivity contribution in [3.05, 3.63) is 64.3 Å². The van der Waals surface area contributed by atoms with E-state index in [4.69, 9.17) is 4.74 Å². The van der Waals surface area contributed by atoms with Crippen LogP contribution in [0.5, 0.6) is 11.5 Å². The summed E-state index contributed by atoms with van der Waals surface area (Å²) in [6.45, 7) is 11.9. The summed E-state index contributed by atoms with van der Waals surface area (Å²) in [4.78, 5) is 0. The predicted octanol–water partition coefficient (Wildman–Crippen LogP) is 6.01. The highest BCUT2D eigenvalue weighted by Gasteiger charge is 2.28. The number of hydrogen-bond acceptors (Lipinski definition) is 4. The maximum Gasteiger partial charge on any atom is 0.131 e. The molecule has 1 aromatic carbocycles. The molecular formula is C27H38O4. The number of fused-ring (bicyclic) bond motifs is 1. The second-order valence-electron chi connectivity index (χ2n) is 9.18. The van der Waals surface area contributed by atoms with Crippen LogP contribution >= 0.6 is 0 Å². The first-order valence-corrected chi connectivity index (χ1v) is 11.1. The Balaban J connectivity index is 1.94. The van der Waals surface area contributed by atoms with Gasteiger partial charge in [0.15, 0.2) is 0 Å². The summed E-state index contributed by atoms with van der Waals surface area (Å²) in [5.74, 6) is 1.04. The molecule has 0 spiro atoms. The van der Waals surface area contributed by atoms with Crippen molar-refractivity contribution in [2.75, 3.05) is 0 Å². The van der Waals surface area contributed by atoms with E-state index in [0.29, 0.717) is 6.42 Å². The lowest BCUT2D eigenvalue weighted by molar-refractivity contribution is 0.0721. The van der Waals surface area contributed by atoms with Crippen molar-refractivity contribution in [1.82, 2.24) is 0 Å². The lowest BCUT2D eigenvalue weighted by Gasteiger charge is -2.32. The number of aromatic hydroxyl groups is 1. The molecule has 0 aliphatic carbocycles. The van der Waals surface area contributed by atoms with E-state index in [-0.39, 0.29) is 5.75 Å². The van der Waals surface area contributed by atoms with E-state index < -0.39 is 17.8 Å². The van der Waals surface area contributed by atoms with Crippen molar-refractivity contribution in [3.8, 4) is 11.5 Å². The minimum atomic E-state index is -0.917. The monoisotopic (exact) mass is 426 g/mol. The molecule has 0 amide bonds. The summed E-state index contributed by atoms with van der Waals surface area (Å²) in [5.41, 5.74) is 4.44. The third-order valence-electron chi connectivity index (χ3n) is 5.68. The molecule has 170 valence electrons. The normalized spacial score (nSPS) is 20.6. The number of benzene rings is 1. The van der Waals surface area contributed by atoms with Gasteiger partial charge in [0.1, 0.15) is 29.3 Å². The van der Waals surface area contributed by atoms with Crippen molar-refractivity contribution in [2.24, 2.45) is 0 Å². The van der Waals surface area contributed by atoms with Gasteiger partial charge in [-0.05, 0) is 96.6 Å². The maximum atomic E-state index is 10.5. The number of aliphatic hydroxyl groups is 2. The highest BCUT2D eigenvalue weighted by Crippen LogP contribution is 2.38. The molecule has 31 heavy (non-hydrogen) atoms. The van der Waals surface area contributed by atoms with Crippen LogP contribution in [0, 0.1) is 6.92 Å². The summed E-state index contributed by atoms with van der Waals surface area (Å²) in [6, 6.07) is 3.41. The van der Waals surface area contributed by atoms with Crippen LogP contribution in [0.1, 0.15) is 71.4 Å². The Morgan fingerprint density at radius 2 is 1.81 bits per heavy atom. The number of aliphatic hydroxyl groups excluding tert-OH is 2. The molecule has 0 bridgehead atoms. The van der Waals surface area contributed by atoms with E-state index in [2.05, 4.69) is 19.9 Å². The fourth-order valence-corrected chi connectivity index (χ4v) is 3.74. The van der Waals surface area contributed by atoms with Gasteiger partial charge in [0, 0.05) is 5.56 Å². The molecule has 1 heterocycles. The Labute approximate surface area is 187 Å². The molecule has 4 heteroatoms. The number of ether oxygens (including phenoxy) is 1. The summed E-state index contributed by atoms with van der Waals surface area (Å²) in [7, 11) is 0. The van der Waals surface area contributed by atoms with E-state index >= 15 is 0 Å². The molecule has 0 fully saturated rings. The van der Waals surface area contributed by atoms with E-state index in [0.717, 1.165) is 47.3 Å². The van der Waals surface area contributed by atoms with Crippen molar-refractivity contribution >= 4 is 6.08 Å². The molecule has 0 saturated carbocycles. The van der Waals surface area contributed by atoms with Crippen molar-refractivity contribution in [2.45, 2.75) is 85.0 Å². The Morgan fingerprint density at radius 3 is 2.48 bits per heavy atom. The maximum absolute atomic E-state index is 10.5. The van der Waals surface area contributed by atoms with Crippen LogP contribution in [0.15, 0.2) is 53.2 Å². The van der Waals surface area contributed by atoms with E-state index in [1.165, 1.54) is 5.57 Å². The number of aryl methyl sites for hydroxylation is 1. The van der Waals surface area contributed by atoms with Gasteiger partial charge in [-0.25, -0.2) is 0 Å². The van der Waals surface area contributed by atoms with Gasteiger partial charge in [-0.3, -0.25) is 0 Å². The Morgan fingerprint density at radius 1 is 1.10 bits per heavy atom. The minimum Gasteiger partial charge on any atom is -0.508 e. The quantitative estimate of drug-likeness (QED) is 0.423. The predicted molar refractivity (Wildman–Crippen MR) is 128 cm³/mol. The van der Waals surface area contributed by atoms with Gasteiger partial charge in [-0.2, -0.15) is 0 Å². The number of hydrogen-bond donors (Lipinski definition) is 3. The molecule has 3 atom stereocenters. The smallest absolute Gasteiger partial charge is 0.131 e. The Bertz CT molecular complexity index is 887. The summed E-state index contributed by atoms with van der Waals surface area (Å²) in [6.07, 6.45) is 11.3. The molecule has 0 aromatic heterocycles. The van der Waals surface area contributed by atoms with Gasteiger partial charge >= 0.3 is 0 Å². The van der Waals surface area contributed by atoms with Crippen LogP contribution < -0.4 is 4.74 Å². The summed E-state index contributed by atoms with van der Waals surface area (Å²) < 4.78 is 6.25.